The molecular weight excluding hydrogens is 186 g/mol. The molecule has 0 fully saturated rings. The van der Waals surface area contributed by atoms with Crippen LogP contribution in [0.3, 0.4) is 0 Å². The molecule has 0 bridgehead atoms. The van der Waals surface area contributed by atoms with Gasteiger partial charge in [-0.1, -0.05) is 12.7 Å². The zero-order chi connectivity index (χ0) is 11.0. The van der Waals surface area contributed by atoms with Crippen LogP contribution < -0.4 is 5.73 Å². The summed E-state index contributed by atoms with van der Waals surface area (Å²) in [6.07, 6.45) is 2.16. The second kappa shape index (κ2) is 7.08. The Bertz CT molecular complexity index is 215. The predicted molar refractivity (Wildman–Crippen MR) is 50.6 cm³/mol. The van der Waals surface area contributed by atoms with Crippen LogP contribution >= 0.6 is 0 Å². The Morgan fingerprint density at radius 3 is 2.71 bits per heavy atom. The van der Waals surface area contributed by atoms with E-state index in [0.717, 1.165) is 0 Å². The molecule has 0 radical (unpaired) electrons. The summed E-state index contributed by atoms with van der Waals surface area (Å²) in [5, 5.41) is 8.34. The van der Waals surface area contributed by atoms with Crippen LogP contribution in [0.5, 0.6) is 0 Å². The van der Waals surface area contributed by atoms with E-state index in [9.17, 15) is 9.59 Å². The molecule has 0 saturated carbocycles. The first kappa shape index (κ1) is 12.6. The van der Waals surface area contributed by atoms with Crippen LogP contribution in [-0.4, -0.2) is 29.7 Å². The van der Waals surface area contributed by atoms with Crippen molar-refractivity contribution < 1.29 is 19.4 Å². The highest BCUT2D eigenvalue weighted by molar-refractivity contribution is 5.75. The van der Waals surface area contributed by atoms with Gasteiger partial charge in [-0.25, -0.2) is 0 Å². The third kappa shape index (κ3) is 6.19. The minimum Gasteiger partial charge on any atom is -0.481 e. The van der Waals surface area contributed by atoms with E-state index in [1.165, 1.54) is 6.08 Å². The molecule has 5 nitrogen and oxygen atoms in total. The minimum absolute atomic E-state index is 0.0163. The van der Waals surface area contributed by atoms with Crippen molar-refractivity contribution in [2.75, 3.05) is 6.61 Å². The van der Waals surface area contributed by atoms with Crippen molar-refractivity contribution in [1.29, 1.82) is 0 Å². The molecule has 80 valence electrons. The van der Waals surface area contributed by atoms with E-state index < -0.39 is 18.0 Å². The highest BCUT2D eigenvalue weighted by atomic mass is 16.5. The van der Waals surface area contributed by atoms with Crippen molar-refractivity contribution in [3.8, 4) is 0 Å². The molecule has 1 atom stereocenters. The van der Waals surface area contributed by atoms with E-state index in [4.69, 9.17) is 10.8 Å². The van der Waals surface area contributed by atoms with Crippen LogP contribution in [0.2, 0.25) is 0 Å². The van der Waals surface area contributed by atoms with Crippen molar-refractivity contribution in [2.45, 2.75) is 25.3 Å². The van der Waals surface area contributed by atoms with Gasteiger partial charge in [0.15, 0.2) is 0 Å². The van der Waals surface area contributed by atoms with Gasteiger partial charge in [0, 0.05) is 6.42 Å². The number of aliphatic carboxylic acids is 1. The molecule has 0 unspecified atom stereocenters. The second-order valence-electron chi connectivity index (χ2n) is 2.81. The summed E-state index contributed by atoms with van der Waals surface area (Å²) in [6.45, 7) is 3.51. The van der Waals surface area contributed by atoms with Gasteiger partial charge in [-0.15, -0.1) is 0 Å². The number of carbonyl (C=O) groups is 2. The smallest absolute Gasteiger partial charge is 0.323 e. The zero-order valence-electron chi connectivity index (χ0n) is 7.94. The fourth-order valence-corrected chi connectivity index (χ4v) is 0.839. The summed E-state index contributed by atoms with van der Waals surface area (Å²) in [6, 6.07) is -0.741. The second-order valence-corrected chi connectivity index (χ2v) is 2.81. The van der Waals surface area contributed by atoms with Gasteiger partial charge in [-0.2, -0.15) is 0 Å². The topological polar surface area (TPSA) is 89.6 Å². The van der Waals surface area contributed by atoms with Gasteiger partial charge < -0.3 is 15.6 Å². The summed E-state index contributed by atoms with van der Waals surface area (Å²) in [7, 11) is 0. The third-order valence-electron chi connectivity index (χ3n) is 1.55. The molecule has 5 heteroatoms. The normalized spacial score (nSPS) is 11.8. The molecule has 0 spiro atoms. The number of carboxylic acid groups (broad SMARTS) is 1. The van der Waals surface area contributed by atoms with Crippen molar-refractivity contribution in [3.05, 3.63) is 12.7 Å². The molecule has 0 saturated heterocycles. The van der Waals surface area contributed by atoms with Crippen molar-refractivity contribution in [2.24, 2.45) is 5.73 Å². The number of nitrogens with two attached hydrogens (primary N) is 1. The maximum absolute atomic E-state index is 11.0. The Hall–Kier alpha value is -1.36. The summed E-state index contributed by atoms with van der Waals surface area (Å²) >= 11 is 0. The molecule has 0 aromatic heterocycles. The standard InChI is InChI=1S/C9H15NO4/c1-2-6-14-9(13)7(10)4-3-5-8(11)12/h2,7H,1,3-6,10H2,(H,11,12)/t7-/m0/s1. The number of rotatable bonds is 7. The van der Waals surface area contributed by atoms with Crippen LogP contribution in [0.4, 0.5) is 0 Å². The fourth-order valence-electron chi connectivity index (χ4n) is 0.839. The molecule has 0 aromatic rings. The first-order chi connectivity index (χ1) is 6.57. The van der Waals surface area contributed by atoms with Gasteiger partial charge in [0.05, 0.1) is 0 Å². The monoisotopic (exact) mass is 201 g/mol. The molecule has 0 aromatic carbocycles. The Morgan fingerprint density at radius 1 is 1.57 bits per heavy atom. The quantitative estimate of drug-likeness (QED) is 0.456. The van der Waals surface area contributed by atoms with Crippen molar-refractivity contribution in [3.63, 3.8) is 0 Å². The summed E-state index contributed by atoms with van der Waals surface area (Å²) in [4.78, 5) is 21.2. The molecule has 0 amide bonds. The lowest BCUT2D eigenvalue weighted by molar-refractivity contribution is -0.144. The molecule has 14 heavy (non-hydrogen) atoms. The zero-order valence-corrected chi connectivity index (χ0v) is 7.94. The molecule has 0 aliphatic rings. The number of hydrogen-bond acceptors (Lipinski definition) is 4. The molecule has 0 rings (SSSR count). The SMILES string of the molecule is C=CCOC(=O)[C@@H](N)CCCC(=O)O. The van der Waals surface area contributed by atoms with Crippen molar-refractivity contribution in [1.82, 2.24) is 0 Å². The number of esters is 1. The van der Waals surface area contributed by atoms with Crippen molar-refractivity contribution >= 4 is 11.9 Å². The largest absolute Gasteiger partial charge is 0.481 e. The van der Waals surface area contributed by atoms with Gasteiger partial charge in [-0.05, 0) is 12.8 Å². The predicted octanol–water partition coefficient (Wildman–Crippen LogP) is 0.298. The molecule has 3 N–H and O–H groups in total. The summed E-state index contributed by atoms with van der Waals surface area (Å²) < 4.78 is 4.68. The minimum atomic E-state index is -0.892. The lowest BCUT2D eigenvalue weighted by Crippen LogP contribution is -2.32. The average Bonchev–Trinajstić information content (AvgIpc) is 2.13. The van der Waals surface area contributed by atoms with Crippen LogP contribution in [0.25, 0.3) is 0 Å². The van der Waals surface area contributed by atoms with Gasteiger partial charge in [0.1, 0.15) is 12.6 Å². The lowest BCUT2D eigenvalue weighted by Gasteiger charge is -2.09. The van der Waals surface area contributed by atoms with Crippen LogP contribution in [0, 0.1) is 0 Å². The Morgan fingerprint density at radius 2 is 2.21 bits per heavy atom. The Kier molecular flexibility index (Phi) is 6.39. The number of carbonyl (C=O) groups excluding carboxylic acids is 1. The van der Waals surface area contributed by atoms with Crippen LogP contribution in [0.1, 0.15) is 19.3 Å². The van der Waals surface area contributed by atoms with E-state index in [0.29, 0.717) is 12.8 Å². The molecular formula is C9H15NO4. The van der Waals surface area contributed by atoms with Gasteiger partial charge >= 0.3 is 11.9 Å². The third-order valence-corrected chi connectivity index (χ3v) is 1.55. The van der Waals surface area contributed by atoms with E-state index in [2.05, 4.69) is 11.3 Å². The van der Waals surface area contributed by atoms with Crippen LogP contribution in [-0.2, 0) is 14.3 Å². The van der Waals surface area contributed by atoms with E-state index >= 15 is 0 Å². The van der Waals surface area contributed by atoms with E-state index in [1.54, 1.807) is 0 Å². The van der Waals surface area contributed by atoms with Gasteiger partial charge in [0.2, 0.25) is 0 Å². The molecule has 0 heterocycles. The first-order valence-electron chi connectivity index (χ1n) is 4.32. The molecule has 0 aliphatic carbocycles. The van der Waals surface area contributed by atoms with E-state index in [-0.39, 0.29) is 13.0 Å². The maximum Gasteiger partial charge on any atom is 0.323 e. The van der Waals surface area contributed by atoms with Crippen LogP contribution in [0.15, 0.2) is 12.7 Å². The van der Waals surface area contributed by atoms with Gasteiger partial charge in [-0.3, -0.25) is 9.59 Å². The summed E-state index contributed by atoms with van der Waals surface area (Å²) in [5.74, 6) is -1.41. The first-order valence-corrected chi connectivity index (χ1v) is 4.32. The highest BCUT2D eigenvalue weighted by Crippen LogP contribution is 2.00. The Balaban J connectivity index is 3.61. The molecule has 0 aliphatic heterocycles. The highest BCUT2D eigenvalue weighted by Gasteiger charge is 2.14. The number of ether oxygens (including phenoxy) is 1. The average molecular weight is 201 g/mol. The Labute approximate surface area is 82.5 Å². The lowest BCUT2D eigenvalue weighted by atomic mass is 10.1. The van der Waals surface area contributed by atoms with E-state index in [1.807, 2.05) is 0 Å². The fraction of sp³-hybridized carbons (Fsp3) is 0.556. The number of hydrogen-bond donors (Lipinski definition) is 2. The maximum atomic E-state index is 11.0. The van der Waals surface area contributed by atoms with Gasteiger partial charge in [0.25, 0.3) is 0 Å². The number of carboxylic acids is 1. The summed E-state index contributed by atoms with van der Waals surface area (Å²) in [5.41, 5.74) is 5.44.